The van der Waals surface area contributed by atoms with Gasteiger partial charge in [-0.2, -0.15) is 0 Å². The molecule has 0 amide bonds. The maximum atomic E-state index is 11.4. The van der Waals surface area contributed by atoms with Crippen LogP contribution in [0.1, 0.15) is 33.1 Å². The number of unbranched alkanes of at least 4 members (excludes halogenated alkanes) is 1. The van der Waals surface area contributed by atoms with Gasteiger partial charge in [0.2, 0.25) is 0 Å². The molecular formula is C10H17ClO4. The normalized spacial score (nSPS) is 11.9. The number of alkyl halides is 1. The van der Waals surface area contributed by atoms with Crippen LogP contribution in [0, 0.1) is 0 Å². The fourth-order valence-electron chi connectivity index (χ4n) is 1.05. The van der Waals surface area contributed by atoms with Gasteiger partial charge in [-0.3, -0.25) is 4.79 Å². The Bertz CT molecular complexity index is 206. The first-order valence-corrected chi connectivity index (χ1v) is 5.55. The second-order valence-corrected chi connectivity index (χ2v) is 3.47. The molecule has 0 bridgehead atoms. The molecule has 1 atom stereocenters. The zero-order valence-corrected chi connectivity index (χ0v) is 9.88. The summed E-state index contributed by atoms with van der Waals surface area (Å²) in [5.41, 5.74) is 0. The van der Waals surface area contributed by atoms with E-state index in [1.165, 1.54) is 6.92 Å². The molecule has 0 aromatic rings. The Labute approximate surface area is 94.9 Å². The van der Waals surface area contributed by atoms with Crippen LogP contribution < -0.4 is 0 Å². The summed E-state index contributed by atoms with van der Waals surface area (Å²) in [5.74, 6) is -0.745. The molecule has 0 aliphatic heterocycles. The summed E-state index contributed by atoms with van der Waals surface area (Å²) in [6, 6.07) is 0. The Morgan fingerprint density at radius 1 is 1.40 bits per heavy atom. The van der Waals surface area contributed by atoms with Crippen molar-refractivity contribution >= 4 is 23.5 Å². The highest BCUT2D eigenvalue weighted by Gasteiger charge is 2.22. The summed E-state index contributed by atoms with van der Waals surface area (Å²) >= 11 is 5.38. The third-order valence-electron chi connectivity index (χ3n) is 1.71. The van der Waals surface area contributed by atoms with E-state index in [9.17, 15) is 9.59 Å². The smallest absolute Gasteiger partial charge is 0.347 e. The first kappa shape index (κ1) is 14.2. The van der Waals surface area contributed by atoms with E-state index in [-0.39, 0.29) is 12.5 Å². The summed E-state index contributed by atoms with van der Waals surface area (Å²) < 4.78 is 9.66. The Morgan fingerprint density at radius 3 is 2.53 bits per heavy atom. The minimum atomic E-state index is -0.786. The van der Waals surface area contributed by atoms with E-state index in [4.69, 9.17) is 21.1 Å². The van der Waals surface area contributed by atoms with Gasteiger partial charge in [0, 0.05) is 6.92 Å². The lowest BCUT2D eigenvalue weighted by Gasteiger charge is -2.14. The number of esters is 2. The van der Waals surface area contributed by atoms with Crippen molar-refractivity contribution in [1.29, 1.82) is 0 Å². The van der Waals surface area contributed by atoms with Gasteiger partial charge in [-0.1, -0.05) is 13.3 Å². The summed E-state index contributed by atoms with van der Waals surface area (Å²) in [6.07, 6.45) is 1.46. The molecule has 0 radical (unpaired) electrons. The molecule has 0 spiro atoms. The fraction of sp³-hybridized carbons (Fsp3) is 0.800. The van der Waals surface area contributed by atoms with Crippen LogP contribution in [0.4, 0.5) is 0 Å². The van der Waals surface area contributed by atoms with Crippen LogP contribution in [0.2, 0.25) is 0 Å². The molecule has 0 aromatic heterocycles. The van der Waals surface area contributed by atoms with E-state index in [2.05, 4.69) is 0 Å². The zero-order valence-electron chi connectivity index (χ0n) is 9.12. The summed E-state index contributed by atoms with van der Waals surface area (Å²) in [5, 5.41) is 0. The number of hydrogen-bond acceptors (Lipinski definition) is 4. The molecular weight excluding hydrogens is 220 g/mol. The molecule has 0 aromatic carbocycles. The minimum Gasteiger partial charge on any atom is -0.462 e. The van der Waals surface area contributed by atoms with E-state index in [1.807, 2.05) is 6.92 Å². The minimum absolute atomic E-state index is 0.143. The van der Waals surface area contributed by atoms with Crippen LogP contribution in [0.3, 0.4) is 0 Å². The molecule has 1 unspecified atom stereocenters. The topological polar surface area (TPSA) is 52.6 Å². The SMILES string of the molecule is CCCCC(OC(C)=O)C(=O)OCCCl. The van der Waals surface area contributed by atoms with Gasteiger partial charge in [-0.25, -0.2) is 4.79 Å². The van der Waals surface area contributed by atoms with Crippen molar-refractivity contribution in [2.75, 3.05) is 12.5 Å². The third kappa shape index (κ3) is 7.19. The van der Waals surface area contributed by atoms with Crippen molar-refractivity contribution in [3.63, 3.8) is 0 Å². The standard InChI is InChI=1S/C10H17ClO4/c1-3-4-5-9(15-8(2)12)10(13)14-7-6-11/h9H,3-7H2,1-2H3. The Balaban J connectivity index is 4.07. The summed E-state index contributed by atoms with van der Waals surface area (Å²) in [7, 11) is 0. The predicted molar refractivity (Wildman–Crippen MR) is 56.8 cm³/mol. The van der Waals surface area contributed by atoms with Crippen molar-refractivity contribution in [2.24, 2.45) is 0 Å². The Morgan fingerprint density at radius 2 is 2.07 bits per heavy atom. The van der Waals surface area contributed by atoms with Crippen LogP contribution >= 0.6 is 11.6 Å². The summed E-state index contributed by atoms with van der Waals surface area (Å²) in [4.78, 5) is 22.1. The second kappa shape index (κ2) is 8.53. The lowest BCUT2D eigenvalue weighted by molar-refractivity contribution is -0.166. The van der Waals surface area contributed by atoms with Crippen molar-refractivity contribution in [2.45, 2.75) is 39.2 Å². The number of carbonyl (C=O) groups is 2. The molecule has 5 heteroatoms. The first-order valence-electron chi connectivity index (χ1n) is 5.01. The highest BCUT2D eigenvalue weighted by atomic mass is 35.5. The quantitative estimate of drug-likeness (QED) is 0.500. The van der Waals surface area contributed by atoms with Crippen LogP contribution in [-0.4, -0.2) is 30.5 Å². The maximum absolute atomic E-state index is 11.4. The molecule has 4 nitrogen and oxygen atoms in total. The molecule has 88 valence electrons. The van der Waals surface area contributed by atoms with Gasteiger partial charge in [0.25, 0.3) is 0 Å². The van der Waals surface area contributed by atoms with Crippen LogP contribution in [0.25, 0.3) is 0 Å². The molecule has 0 heterocycles. The van der Waals surface area contributed by atoms with Crippen molar-refractivity contribution in [3.05, 3.63) is 0 Å². The number of rotatable bonds is 7. The van der Waals surface area contributed by atoms with E-state index < -0.39 is 18.0 Å². The average molecular weight is 237 g/mol. The second-order valence-electron chi connectivity index (χ2n) is 3.10. The van der Waals surface area contributed by atoms with Crippen molar-refractivity contribution in [1.82, 2.24) is 0 Å². The van der Waals surface area contributed by atoms with E-state index in [0.717, 1.165) is 12.8 Å². The highest BCUT2D eigenvalue weighted by molar-refractivity contribution is 6.18. The van der Waals surface area contributed by atoms with Crippen LogP contribution in [0.5, 0.6) is 0 Å². The molecule has 0 aliphatic rings. The number of carbonyl (C=O) groups excluding carboxylic acids is 2. The molecule has 0 N–H and O–H groups in total. The first-order chi connectivity index (χ1) is 7.11. The van der Waals surface area contributed by atoms with Gasteiger partial charge in [-0.15, -0.1) is 11.6 Å². The molecule has 0 saturated carbocycles. The Kier molecular flexibility index (Phi) is 8.09. The Hall–Kier alpha value is -0.770. The van der Waals surface area contributed by atoms with Gasteiger partial charge < -0.3 is 9.47 Å². The molecule has 0 rings (SSSR count). The molecule has 0 aliphatic carbocycles. The lowest BCUT2D eigenvalue weighted by Crippen LogP contribution is -2.28. The van der Waals surface area contributed by atoms with Crippen LogP contribution in [-0.2, 0) is 19.1 Å². The van der Waals surface area contributed by atoms with Crippen molar-refractivity contribution < 1.29 is 19.1 Å². The number of hydrogen-bond donors (Lipinski definition) is 0. The maximum Gasteiger partial charge on any atom is 0.347 e. The van der Waals surface area contributed by atoms with E-state index in [0.29, 0.717) is 6.42 Å². The van der Waals surface area contributed by atoms with Gasteiger partial charge in [-0.05, 0) is 12.8 Å². The van der Waals surface area contributed by atoms with Gasteiger partial charge >= 0.3 is 11.9 Å². The molecule has 15 heavy (non-hydrogen) atoms. The average Bonchev–Trinajstić information content (AvgIpc) is 2.20. The monoisotopic (exact) mass is 236 g/mol. The van der Waals surface area contributed by atoms with Gasteiger partial charge in [0.1, 0.15) is 6.61 Å². The largest absolute Gasteiger partial charge is 0.462 e. The number of ether oxygens (including phenoxy) is 2. The molecule has 0 fully saturated rings. The van der Waals surface area contributed by atoms with E-state index in [1.54, 1.807) is 0 Å². The lowest BCUT2D eigenvalue weighted by atomic mass is 10.1. The van der Waals surface area contributed by atoms with Crippen LogP contribution in [0.15, 0.2) is 0 Å². The fourth-order valence-corrected chi connectivity index (χ4v) is 1.12. The number of halogens is 1. The van der Waals surface area contributed by atoms with Crippen molar-refractivity contribution in [3.8, 4) is 0 Å². The van der Waals surface area contributed by atoms with Gasteiger partial charge in [0.05, 0.1) is 5.88 Å². The highest BCUT2D eigenvalue weighted by Crippen LogP contribution is 2.07. The third-order valence-corrected chi connectivity index (χ3v) is 1.87. The molecule has 0 saturated heterocycles. The van der Waals surface area contributed by atoms with Gasteiger partial charge in [0.15, 0.2) is 6.10 Å². The predicted octanol–water partition coefficient (Wildman–Crippen LogP) is 1.89. The zero-order chi connectivity index (χ0) is 11.7. The summed E-state index contributed by atoms with van der Waals surface area (Å²) in [6.45, 7) is 3.41. The van der Waals surface area contributed by atoms with E-state index >= 15 is 0 Å².